The number of carbonyl (C=O) groups excluding carboxylic acids is 1. The van der Waals surface area contributed by atoms with Crippen molar-refractivity contribution >= 4 is 26.8 Å². The lowest BCUT2D eigenvalue weighted by atomic mass is 10.1. The standard InChI is InChI=1S/C16H21N3O3S/c1-12-14(13-5-3-4-6-15(13)17-12)11-16(20)18-7-9-19(10-8-18)23(2,21)22/h3-6,17H,7-11H2,1-2H3. The Labute approximate surface area is 136 Å². The number of benzene rings is 1. The first kappa shape index (κ1) is 16.0. The van der Waals surface area contributed by atoms with E-state index in [1.807, 2.05) is 31.2 Å². The number of carbonyl (C=O) groups is 1. The fourth-order valence-corrected chi connectivity index (χ4v) is 3.92. The van der Waals surface area contributed by atoms with E-state index in [1.54, 1.807) is 4.90 Å². The molecule has 0 radical (unpaired) electrons. The number of aromatic amines is 1. The molecule has 23 heavy (non-hydrogen) atoms. The van der Waals surface area contributed by atoms with Crippen LogP contribution in [0.3, 0.4) is 0 Å². The Morgan fingerprint density at radius 1 is 1.17 bits per heavy atom. The summed E-state index contributed by atoms with van der Waals surface area (Å²) in [5.74, 6) is 0.0472. The molecule has 1 fully saturated rings. The minimum absolute atomic E-state index is 0.0472. The Morgan fingerprint density at radius 2 is 1.83 bits per heavy atom. The van der Waals surface area contributed by atoms with Gasteiger partial charge in [-0.25, -0.2) is 8.42 Å². The SMILES string of the molecule is Cc1[nH]c2ccccc2c1CC(=O)N1CCN(S(C)(=O)=O)CC1. The molecule has 0 aliphatic carbocycles. The number of sulfonamides is 1. The van der Waals surface area contributed by atoms with E-state index in [9.17, 15) is 13.2 Å². The minimum atomic E-state index is -3.17. The van der Waals surface area contributed by atoms with Crippen molar-refractivity contribution < 1.29 is 13.2 Å². The molecule has 0 bridgehead atoms. The average Bonchev–Trinajstić information content (AvgIpc) is 2.82. The fourth-order valence-electron chi connectivity index (χ4n) is 3.09. The third-order valence-corrected chi connectivity index (χ3v) is 5.72. The van der Waals surface area contributed by atoms with Crippen LogP contribution in [0.25, 0.3) is 10.9 Å². The molecular formula is C16H21N3O3S. The molecule has 1 aromatic carbocycles. The highest BCUT2D eigenvalue weighted by molar-refractivity contribution is 7.88. The number of hydrogen-bond acceptors (Lipinski definition) is 3. The summed E-state index contributed by atoms with van der Waals surface area (Å²) in [6.45, 7) is 3.62. The Bertz CT molecular complexity index is 833. The second kappa shape index (κ2) is 5.98. The molecule has 0 saturated carbocycles. The molecule has 2 heterocycles. The summed E-state index contributed by atoms with van der Waals surface area (Å²) in [4.78, 5) is 17.6. The number of H-pyrrole nitrogens is 1. The van der Waals surface area contributed by atoms with E-state index in [0.717, 1.165) is 22.2 Å². The first-order chi connectivity index (χ1) is 10.9. The fraction of sp³-hybridized carbons (Fsp3) is 0.438. The van der Waals surface area contributed by atoms with Gasteiger partial charge in [-0.2, -0.15) is 4.31 Å². The number of aromatic nitrogens is 1. The number of fused-ring (bicyclic) bond motifs is 1. The van der Waals surface area contributed by atoms with Crippen LogP contribution >= 0.6 is 0 Å². The number of nitrogens with zero attached hydrogens (tertiary/aromatic N) is 2. The van der Waals surface area contributed by atoms with E-state index in [0.29, 0.717) is 32.6 Å². The number of rotatable bonds is 3. The summed E-state index contributed by atoms with van der Waals surface area (Å²) in [6.07, 6.45) is 1.55. The Morgan fingerprint density at radius 3 is 2.48 bits per heavy atom. The smallest absolute Gasteiger partial charge is 0.227 e. The second-order valence-electron chi connectivity index (χ2n) is 5.99. The van der Waals surface area contributed by atoms with Gasteiger partial charge in [-0.3, -0.25) is 4.79 Å². The predicted octanol–water partition coefficient (Wildman–Crippen LogP) is 1.12. The van der Waals surface area contributed by atoms with E-state index >= 15 is 0 Å². The molecular weight excluding hydrogens is 314 g/mol. The number of para-hydroxylation sites is 1. The lowest BCUT2D eigenvalue weighted by molar-refractivity contribution is -0.131. The third kappa shape index (κ3) is 3.25. The molecule has 0 atom stereocenters. The first-order valence-corrected chi connectivity index (χ1v) is 9.50. The van der Waals surface area contributed by atoms with Crippen LogP contribution in [-0.2, 0) is 21.2 Å². The van der Waals surface area contributed by atoms with Gasteiger partial charge in [-0.15, -0.1) is 0 Å². The Kier molecular flexibility index (Phi) is 4.16. The summed E-state index contributed by atoms with van der Waals surface area (Å²) in [7, 11) is -3.17. The molecule has 1 aliphatic heterocycles. The largest absolute Gasteiger partial charge is 0.358 e. The van der Waals surface area contributed by atoms with E-state index in [4.69, 9.17) is 0 Å². The van der Waals surface area contributed by atoms with Crippen molar-refractivity contribution in [2.24, 2.45) is 0 Å². The molecule has 1 amide bonds. The van der Waals surface area contributed by atoms with Gasteiger partial charge in [-0.05, 0) is 18.6 Å². The zero-order chi connectivity index (χ0) is 16.6. The summed E-state index contributed by atoms with van der Waals surface area (Å²) in [6, 6.07) is 7.95. The van der Waals surface area contributed by atoms with E-state index < -0.39 is 10.0 Å². The van der Waals surface area contributed by atoms with Crippen molar-refractivity contribution in [1.29, 1.82) is 0 Å². The topological polar surface area (TPSA) is 73.5 Å². The van der Waals surface area contributed by atoms with Crippen molar-refractivity contribution in [2.45, 2.75) is 13.3 Å². The van der Waals surface area contributed by atoms with Gasteiger partial charge >= 0.3 is 0 Å². The second-order valence-corrected chi connectivity index (χ2v) is 7.98. The molecule has 3 rings (SSSR count). The maximum absolute atomic E-state index is 12.6. The van der Waals surface area contributed by atoms with Crippen molar-refractivity contribution in [3.8, 4) is 0 Å². The maximum Gasteiger partial charge on any atom is 0.227 e. The van der Waals surface area contributed by atoms with Crippen LogP contribution in [0.4, 0.5) is 0 Å². The first-order valence-electron chi connectivity index (χ1n) is 7.65. The number of aryl methyl sites for hydroxylation is 1. The van der Waals surface area contributed by atoms with Gasteiger partial charge in [0.2, 0.25) is 15.9 Å². The van der Waals surface area contributed by atoms with Gasteiger partial charge in [0, 0.05) is 42.8 Å². The quantitative estimate of drug-likeness (QED) is 0.913. The highest BCUT2D eigenvalue weighted by atomic mass is 32.2. The lowest BCUT2D eigenvalue weighted by Gasteiger charge is -2.33. The van der Waals surface area contributed by atoms with Gasteiger partial charge in [0.25, 0.3) is 0 Å². The van der Waals surface area contributed by atoms with Crippen molar-refractivity contribution in [2.75, 3.05) is 32.4 Å². The van der Waals surface area contributed by atoms with Crippen LogP contribution in [0.15, 0.2) is 24.3 Å². The van der Waals surface area contributed by atoms with Crippen LogP contribution in [0.2, 0.25) is 0 Å². The number of hydrogen-bond donors (Lipinski definition) is 1. The third-order valence-electron chi connectivity index (χ3n) is 4.42. The number of piperazine rings is 1. The van der Waals surface area contributed by atoms with E-state index in [1.165, 1.54) is 10.6 Å². The lowest BCUT2D eigenvalue weighted by Crippen LogP contribution is -2.50. The van der Waals surface area contributed by atoms with Crippen LogP contribution in [0.5, 0.6) is 0 Å². The summed E-state index contributed by atoms with van der Waals surface area (Å²) in [5.41, 5.74) is 3.07. The van der Waals surface area contributed by atoms with Gasteiger partial charge in [-0.1, -0.05) is 18.2 Å². The molecule has 0 unspecified atom stereocenters. The molecule has 2 aromatic rings. The van der Waals surface area contributed by atoms with Crippen LogP contribution in [0.1, 0.15) is 11.3 Å². The Hall–Kier alpha value is -1.86. The monoisotopic (exact) mass is 335 g/mol. The highest BCUT2D eigenvalue weighted by Crippen LogP contribution is 2.23. The Balaban J connectivity index is 1.71. The van der Waals surface area contributed by atoms with Gasteiger partial charge < -0.3 is 9.88 Å². The van der Waals surface area contributed by atoms with Gasteiger partial charge in [0.15, 0.2) is 0 Å². The average molecular weight is 335 g/mol. The van der Waals surface area contributed by atoms with E-state index in [2.05, 4.69) is 4.98 Å². The summed E-state index contributed by atoms with van der Waals surface area (Å²) >= 11 is 0. The van der Waals surface area contributed by atoms with E-state index in [-0.39, 0.29) is 5.91 Å². The molecule has 6 nitrogen and oxygen atoms in total. The zero-order valence-corrected chi connectivity index (χ0v) is 14.2. The normalized spacial score (nSPS) is 16.9. The summed E-state index contributed by atoms with van der Waals surface area (Å²) < 4.78 is 24.5. The van der Waals surface area contributed by atoms with Crippen molar-refractivity contribution in [3.05, 3.63) is 35.5 Å². The van der Waals surface area contributed by atoms with Gasteiger partial charge in [0.05, 0.1) is 12.7 Å². The predicted molar refractivity (Wildman–Crippen MR) is 89.7 cm³/mol. The zero-order valence-electron chi connectivity index (χ0n) is 13.4. The molecule has 1 saturated heterocycles. The molecule has 1 aliphatic rings. The number of amides is 1. The van der Waals surface area contributed by atoms with Crippen molar-refractivity contribution in [1.82, 2.24) is 14.2 Å². The van der Waals surface area contributed by atoms with Gasteiger partial charge in [0.1, 0.15) is 0 Å². The van der Waals surface area contributed by atoms with Crippen LogP contribution < -0.4 is 0 Å². The summed E-state index contributed by atoms with van der Waals surface area (Å²) in [5, 5.41) is 1.08. The molecule has 7 heteroatoms. The maximum atomic E-state index is 12.6. The van der Waals surface area contributed by atoms with Crippen LogP contribution in [-0.4, -0.2) is 60.9 Å². The molecule has 1 N–H and O–H groups in total. The number of nitrogens with one attached hydrogen (secondary N) is 1. The minimum Gasteiger partial charge on any atom is -0.358 e. The highest BCUT2D eigenvalue weighted by Gasteiger charge is 2.26. The molecule has 124 valence electrons. The molecule has 0 spiro atoms. The van der Waals surface area contributed by atoms with Crippen molar-refractivity contribution in [3.63, 3.8) is 0 Å². The van der Waals surface area contributed by atoms with Crippen LogP contribution in [0, 0.1) is 6.92 Å². The molecule has 1 aromatic heterocycles.